The van der Waals surface area contributed by atoms with Gasteiger partial charge in [-0.1, -0.05) is 20.8 Å². The lowest BCUT2D eigenvalue weighted by Crippen LogP contribution is -2.36. The van der Waals surface area contributed by atoms with Gasteiger partial charge in [0, 0.05) is 11.3 Å². The van der Waals surface area contributed by atoms with E-state index in [1.807, 2.05) is 18.7 Å². The average molecular weight is 219 g/mol. The Morgan fingerprint density at radius 1 is 1.50 bits per heavy atom. The molecule has 84 valence electrons. The molecular formula is C10H21NO2S. The van der Waals surface area contributed by atoms with Crippen LogP contribution in [-0.2, 0) is 4.79 Å². The monoisotopic (exact) mass is 219 g/mol. The first kappa shape index (κ1) is 13.8. The standard InChI is InChI=1S/C10H21NO2S/c1-4-9(14-5-2)7(3)8(11)6-10(12)13/h7-9H,4-6,11H2,1-3H3,(H,12,13)/t7-,8+,9-/m0/s1. The molecule has 0 saturated carbocycles. The minimum Gasteiger partial charge on any atom is -0.481 e. The summed E-state index contributed by atoms with van der Waals surface area (Å²) in [4.78, 5) is 10.5. The largest absolute Gasteiger partial charge is 0.481 e. The molecule has 3 N–H and O–H groups in total. The van der Waals surface area contributed by atoms with Crippen LogP contribution in [0.25, 0.3) is 0 Å². The summed E-state index contributed by atoms with van der Waals surface area (Å²) in [5.74, 6) is 0.518. The van der Waals surface area contributed by atoms with Gasteiger partial charge in [0.2, 0.25) is 0 Å². The summed E-state index contributed by atoms with van der Waals surface area (Å²) >= 11 is 1.87. The lowest BCUT2D eigenvalue weighted by molar-refractivity contribution is -0.137. The highest BCUT2D eigenvalue weighted by Crippen LogP contribution is 2.25. The number of carboxylic acid groups (broad SMARTS) is 1. The minimum absolute atomic E-state index is 0.0714. The van der Waals surface area contributed by atoms with Crippen LogP contribution in [0.5, 0.6) is 0 Å². The molecule has 0 rings (SSSR count). The molecule has 0 aliphatic rings. The van der Waals surface area contributed by atoms with Crippen LogP contribution >= 0.6 is 11.8 Å². The van der Waals surface area contributed by atoms with Crippen molar-refractivity contribution in [1.29, 1.82) is 0 Å². The fourth-order valence-corrected chi connectivity index (χ4v) is 2.69. The number of carboxylic acids is 1. The molecule has 0 unspecified atom stereocenters. The average Bonchev–Trinajstić information content (AvgIpc) is 2.12. The van der Waals surface area contributed by atoms with Crippen molar-refractivity contribution in [3.63, 3.8) is 0 Å². The van der Waals surface area contributed by atoms with Crippen LogP contribution in [0.3, 0.4) is 0 Å². The molecule has 0 aromatic heterocycles. The van der Waals surface area contributed by atoms with Crippen molar-refractivity contribution in [3.8, 4) is 0 Å². The number of aliphatic carboxylic acids is 1. The molecule has 0 fully saturated rings. The lowest BCUT2D eigenvalue weighted by atomic mass is 9.95. The first-order valence-electron chi connectivity index (χ1n) is 5.11. The molecule has 0 spiro atoms. The molecule has 0 saturated heterocycles. The number of nitrogens with two attached hydrogens (primary N) is 1. The summed E-state index contributed by atoms with van der Waals surface area (Å²) in [7, 11) is 0. The topological polar surface area (TPSA) is 63.3 Å². The predicted molar refractivity (Wildman–Crippen MR) is 61.6 cm³/mol. The fourth-order valence-electron chi connectivity index (χ4n) is 1.52. The first-order valence-corrected chi connectivity index (χ1v) is 6.16. The van der Waals surface area contributed by atoms with Crippen LogP contribution < -0.4 is 5.73 Å². The Morgan fingerprint density at radius 3 is 2.43 bits per heavy atom. The molecule has 0 aromatic rings. The van der Waals surface area contributed by atoms with Crippen LogP contribution in [0.1, 0.15) is 33.6 Å². The SMILES string of the molecule is CCS[C@@H](CC)[C@@H](C)[C@H](N)CC(=O)O. The summed E-state index contributed by atoms with van der Waals surface area (Å²) in [5, 5.41) is 9.11. The van der Waals surface area contributed by atoms with Gasteiger partial charge in [-0.25, -0.2) is 0 Å². The Hall–Kier alpha value is -0.220. The van der Waals surface area contributed by atoms with Crippen LogP contribution in [0, 0.1) is 5.92 Å². The number of carbonyl (C=O) groups is 1. The van der Waals surface area contributed by atoms with Crippen molar-refractivity contribution in [2.24, 2.45) is 11.7 Å². The van der Waals surface area contributed by atoms with E-state index in [0.717, 1.165) is 12.2 Å². The van der Waals surface area contributed by atoms with Gasteiger partial charge in [-0.3, -0.25) is 4.79 Å². The molecule has 0 bridgehead atoms. The van der Waals surface area contributed by atoms with Crippen molar-refractivity contribution in [2.45, 2.75) is 44.9 Å². The van der Waals surface area contributed by atoms with Crippen LogP contribution in [0.4, 0.5) is 0 Å². The second-order valence-corrected chi connectivity index (χ2v) is 5.04. The van der Waals surface area contributed by atoms with Crippen LogP contribution in [0.2, 0.25) is 0 Å². The van der Waals surface area contributed by atoms with E-state index >= 15 is 0 Å². The van der Waals surface area contributed by atoms with Crippen molar-refractivity contribution < 1.29 is 9.90 Å². The molecule has 0 heterocycles. The molecule has 3 nitrogen and oxygen atoms in total. The number of hydrogen-bond acceptors (Lipinski definition) is 3. The zero-order valence-electron chi connectivity index (χ0n) is 9.19. The van der Waals surface area contributed by atoms with Gasteiger partial charge in [0.05, 0.1) is 6.42 Å². The van der Waals surface area contributed by atoms with Crippen LogP contribution in [0.15, 0.2) is 0 Å². The van der Waals surface area contributed by atoms with E-state index in [9.17, 15) is 4.79 Å². The summed E-state index contributed by atoms with van der Waals surface area (Å²) < 4.78 is 0. The van der Waals surface area contributed by atoms with Crippen molar-refractivity contribution in [2.75, 3.05) is 5.75 Å². The normalized spacial score (nSPS) is 17.4. The van der Waals surface area contributed by atoms with E-state index in [0.29, 0.717) is 5.25 Å². The lowest BCUT2D eigenvalue weighted by Gasteiger charge is -2.26. The summed E-state index contributed by atoms with van der Waals surface area (Å²) in [6.45, 7) is 6.28. The Labute approximate surface area is 90.4 Å². The van der Waals surface area contributed by atoms with Crippen molar-refractivity contribution >= 4 is 17.7 Å². The summed E-state index contributed by atoms with van der Waals surface area (Å²) in [5.41, 5.74) is 5.83. The molecule has 14 heavy (non-hydrogen) atoms. The Balaban J connectivity index is 4.11. The van der Waals surface area contributed by atoms with E-state index < -0.39 is 5.97 Å². The van der Waals surface area contributed by atoms with E-state index in [1.54, 1.807) is 0 Å². The summed E-state index contributed by atoms with van der Waals surface area (Å²) in [6.07, 6.45) is 1.12. The molecule has 4 heteroatoms. The fraction of sp³-hybridized carbons (Fsp3) is 0.900. The molecule has 0 radical (unpaired) electrons. The summed E-state index contributed by atoms with van der Waals surface area (Å²) in [6, 6.07) is -0.225. The Morgan fingerprint density at radius 2 is 2.07 bits per heavy atom. The molecule has 0 amide bonds. The molecular weight excluding hydrogens is 198 g/mol. The highest BCUT2D eigenvalue weighted by atomic mass is 32.2. The zero-order chi connectivity index (χ0) is 11.1. The second-order valence-electron chi connectivity index (χ2n) is 3.52. The van der Waals surface area contributed by atoms with Gasteiger partial charge in [0.15, 0.2) is 0 Å². The smallest absolute Gasteiger partial charge is 0.304 e. The van der Waals surface area contributed by atoms with Gasteiger partial charge >= 0.3 is 5.97 Å². The zero-order valence-corrected chi connectivity index (χ0v) is 10.0. The van der Waals surface area contributed by atoms with Crippen LogP contribution in [-0.4, -0.2) is 28.1 Å². The van der Waals surface area contributed by atoms with Gasteiger partial charge in [0.25, 0.3) is 0 Å². The predicted octanol–water partition coefficient (Wildman–Crippen LogP) is 1.96. The van der Waals surface area contributed by atoms with E-state index in [2.05, 4.69) is 13.8 Å². The maximum absolute atomic E-state index is 10.5. The number of thioether (sulfide) groups is 1. The van der Waals surface area contributed by atoms with Crippen molar-refractivity contribution in [1.82, 2.24) is 0 Å². The van der Waals surface area contributed by atoms with Gasteiger partial charge in [0.1, 0.15) is 0 Å². The number of hydrogen-bond donors (Lipinski definition) is 2. The quantitative estimate of drug-likeness (QED) is 0.687. The Kier molecular flexibility index (Phi) is 7.01. The van der Waals surface area contributed by atoms with E-state index in [-0.39, 0.29) is 18.4 Å². The number of rotatable bonds is 7. The van der Waals surface area contributed by atoms with E-state index in [1.165, 1.54) is 0 Å². The van der Waals surface area contributed by atoms with E-state index in [4.69, 9.17) is 10.8 Å². The van der Waals surface area contributed by atoms with Gasteiger partial charge in [-0.15, -0.1) is 0 Å². The molecule has 0 aliphatic heterocycles. The minimum atomic E-state index is -0.805. The third kappa shape index (κ3) is 4.86. The van der Waals surface area contributed by atoms with Gasteiger partial charge in [-0.2, -0.15) is 11.8 Å². The molecule has 0 aromatic carbocycles. The van der Waals surface area contributed by atoms with Crippen molar-refractivity contribution in [3.05, 3.63) is 0 Å². The highest BCUT2D eigenvalue weighted by Gasteiger charge is 2.23. The second kappa shape index (κ2) is 7.12. The third-order valence-corrected chi connectivity index (χ3v) is 3.98. The third-order valence-electron chi connectivity index (χ3n) is 2.46. The maximum atomic E-state index is 10.5. The van der Waals surface area contributed by atoms with Gasteiger partial charge in [-0.05, 0) is 18.1 Å². The maximum Gasteiger partial charge on any atom is 0.304 e. The first-order chi connectivity index (χ1) is 6.52. The van der Waals surface area contributed by atoms with Gasteiger partial charge < -0.3 is 10.8 Å². The highest BCUT2D eigenvalue weighted by molar-refractivity contribution is 7.99. The molecule has 3 atom stereocenters. The Bertz CT molecular complexity index is 176. The molecule has 0 aliphatic carbocycles.